The molecule has 138 valence electrons. The zero-order valence-corrected chi connectivity index (χ0v) is 14.6. The molecule has 0 aliphatic carbocycles. The monoisotopic (exact) mass is 365 g/mol. The van der Waals surface area contributed by atoms with Gasteiger partial charge < -0.3 is 14.8 Å². The summed E-state index contributed by atoms with van der Waals surface area (Å²) in [6.07, 6.45) is 2.67. The maximum absolute atomic E-state index is 12.8. The molecule has 8 nitrogen and oxygen atoms in total. The smallest absolute Gasteiger partial charge is 0.245 e. The van der Waals surface area contributed by atoms with Crippen LogP contribution in [-0.2, 0) is 17.6 Å². The number of hydrogen-bond donors (Lipinski definition) is 1. The van der Waals surface area contributed by atoms with Gasteiger partial charge in [0.15, 0.2) is 11.5 Å². The van der Waals surface area contributed by atoms with Crippen LogP contribution in [0.2, 0.25) is 0 Å². The Morgan fingerprint density at radius 2 is 1.96 bits per heavy atom. The number of tetrazole rings is 1. The van der Waals surface area contributed by atoms with Crippen molar-refractivity contribution < 1.29 is 14.3 Å². The number of nitrogens with zero attached hydrogens (tertiary/aromatic N) is 4. The standard InChI is InChI=1S/C19H19N5O3/c25-19(20-9-8-15-6-7-17-18(11-15)27-13-26-17)16(24-12-21-22-23-24)10-14-4-2-1-3-5-14/h1-7,11-12,16H,8-10,13H2,(H,20,25)/t16-/m0/s1. The minimum atomic E-state index is -0.501. The number of aromatic nitrogens is 4. The van der Waals surface area contributed by atoms with Gasteiger partial charge in [-0.25, -0.2) is 4.68 Å². The molecule has 3 aromatic rings. The Morgan fingerprint density at radius 3 is 2.78 bits per heavy atom. The Balaban J connectivity index is 1.38. The number of ether oxygens (including phenoxy) is 2. The summed E-state index contributed by atoms with van der Waals surface area (Å²) in [7, 11) is 0. The Hall–Kier alpha value is -3.42. The van der Waals surface area contributed by atoms with E-state index in [-0.39, 0.29) is 12.7 Å². The normalized spacial score (nSPS) is 13.3. The van der Waals surface area contributed by atoms with Crippen LogP contribution in [0.15, 0.2) is 54.9 Å². The molecule has 1 N–H and O–H groups in total. The van der Waals surface area contributed by atoms with Crippen molar-refractivity contribution in [1.82, 2.24) is 25.5 Å². The Bertz CT molecular complexity index is 899. The van der Waals surface area contributed by atoms with Crippen LogP contribution < -0.4 is 14.8 Å². The highest BCUT2D eigenvalue weighted by atomic mass is 16.7. The molecule has 0 spiro atoms. The molecule has 2 aromatic carbocycles. The van der Waals surface area contributed by atoms with E-state index in [9.17, 15) is 4.79 Å². The van der Waals surface area contributed by atoms with Gasteiger partial charge in [-0.15, -0.1) is 5.10 Å². The van der Waals surface area contributed by atoms with Crippen molar-refractivity contribution in [3.8, 4) is 11.5 Å². The van der Waals surface area contributed by atoms with E-state index in [1.807, 2.05) is 48.5 Å². The number of benzene rings is 2. The first-order valence-corrected chi connectivity index (χ1v) is 8.72. The molecule has 1 aliphatic heterocycles. The molecule has 1 amide bonds. The summed E-state index contributed by atoms with van der Waals surface area (Å²) in [5.41, 5.74) is 2.12. The van der Waals surface area contributed by atoms with Gasteiger partial charge in [-0.1, -0.05) is 36.4 Å². The van der Waals surface area contributed by atoms with Crippen LogP contribution in [0.5, 0.6) is 11.5 Å². The second-order valence-electron chi connectivity index (χ2n) is 6.22. The zero-order valence-electron chi connectivity index (χ0n) is 14.6. The van der Waals surface area contributed by atoms with Gasteiger partial charge in [0.25, 0.3) is 0 Å². The van der Waals surface area contributed by atoms with Crippen molar-refractivity contribution in [1.29, 1.82) is 0 Å². The van der Waals surface area contributed by atoms with Crippen molar-refractivity contribution in [2.45, 2.75) is 18.9 Å². The summed E-state index contributed by atoms with van der Waals surface area (Å²) < 4.78 is 12.2. The molecule has 8 heteroatoms. The number of rotatable bonds is 7. The predicted octanol–water partition coefficient (Wildman–Crippen LogP) is 1.54. The molecular weight excluding hydrogens is 346 g/mol. The van der Waals surface area contributed by atoms with E-state index in [0.29, 0.717) is 19.4 Å². The fourth-order valence-electron chi connectivity index (χ4n) is 3.00. The van der Waals surface area contributed by atoms with E-state index in [1.54, 1.807) is 0 Å². The molecule has 0 fully saturated rings. The van der Waals surface area contributed by atoms with Crippen molar-refractivity contribution in [3.63, 3.8) is 0 Å². The van der Waals surface area contributed by atoms with Crippen LogP contribution >= 0.6 is 0 Å². The molecule has 1 aromatic heterocycles. The second kappa shape index (κ2) is 7.86. The summed E-state index contributed by atoms with van der Waals surface area (Å²) in [4.78, 5) is 12.8. The van der Waals surface area contributed by atoms with Gasteiger partial charge in [0.2, 0.25) is 12.7 Å². The quantitative estimate of drug-likeness (QED) is 0.683. The molecule has 1 aliphatic rings. The number of fused-ring (bicyclic) bond motifs is 1. The van der Waals surface area contributed by atoms with Gasteiger partial charge in [0, 0.05) is 13.0 Å². The summed E-state index contributed by atoms with van der Waals surface area (Å²) in [6, 6.07) is 15.1. The summed E-state index contributed by atoms with van der Waals surface area (Å²) in [5.74, 6) is 1.38. The van der Waals surface area contributed by atoms with E-state index in [4.69, 9.17) is 9.47 Å². The molecule has 1 atom stereocenters. The van der Waals surface area contributed by atoms with Crippen LogP contribution in [0.3, 0.4) is 0 Å². The maximum atomic E-state index is 12.8. The van der Waals surface area contributed by atoms with Gasteiger partial charge in [-0.05, 0) is 40.1 Å². The lowest BCUT2D eigenvalue weighted by atomic mass is 10.1. The average molecular weight is 365 g/mol. The van der Waals surface area contributed by atoms with Gasteiger partial charge in [-0.3, -0.25) is 4.79 Å². The van der Waals surface area contributed by atoms with Crippen molar-refractivity contribution in [2.24, 2.45) is 0 Å². The molecule has 0 saturated carbocycles. The molecule has 0 bridgehead atoms. The number of nitrogens with one attached hydrogen (secondary N) is 1. The highest BCUT2D eigenvalue weighted by molar-refractivity contribution is 5.80. The van der Waals surface area contributed by atoms with Crippen LogP contribution in [0.4, 0.5) is 0 Å². The first-order valence-electron chi connectivity index (χ1n) is 8.72. The first-order chi connectivity index (χ1) is 13.3. The fourth-order valence-corrected chi connectivity index (χ4v) is 3.00. The number of amides is 1. The number of carbonyl (C=O) groups excluding carboxylic acids is 1. The Kier molecular flexibility index (Phi) is 4.95. The summed E-state index contributed by atoms with van der Waals surface area (Å²) in [5, 5.41) is 14.2. The predicted molar refractivity (Wildman–Crippen MR) is 96.3 cm³/mol. The van der Waals surface area contributed by atoms with E-state index in [2.05, 4.69) is 20.8 Å². The minimum absolute atomic E-state index is 0.119. The van der Waals surface area contributed by atoms with E-state index in [1.165, 1.54) is 11.0 Å². The molecule has 4 rings (SSSR count). The molecule has 0 unspecified atom stereocenters. The Labute approximate surface area is 156 Å². The van der Waals surface area contributed by atoms with Gasteiger partial charge in [0.05, 0.1) is 0 Å². The van der Waals surface area contributed by atoms with Crippen LogP contribution in [-0.4, -0.2) is 39.5 Å². The van der Waals surface area contributed by atoms with Crippen molar-refractivity contribution in [2.75, 3.05) is 13.3 Å². The summed E-state index contributed by atoms with van der Waals surface area (Å²) in [6.45, 7) is 0.758. The van der Waals surface area contributed by atoms with Crippen LogP contribution in [0, 0.1) is 0 Å². The SMILES string of the molecule is O=C(NCCc1ccc2c(c1)OCO2)[C@H](Cc1ccccc1)n1cnnn1. The van der Waals surface area contributed by atoms with Crippen molar-refractivity contribution in [3.05, 3.63) is 66.0 Å². The van der Waals surface area contributed by atoms with Crippen LogP contribution in [0.1, 0.15) is 17.2 Å². The van der Waals surface area contributed by atoms with Crippen molar-refractivity contribution >= 4 is 5.91 Å². The average Bonchev–Trinajstić information content (AvgIpc) is 3.38. The molecule has 0 saturated heterocycles. The first kappa shape index (κ1) is 17.0. The van der Waals surface area contributed by atoms with Gasteiger partial charge in [0.1, 0.15) is 12.4 Å². The summed E-state index contributed by atoms with van der Waals surface area (Å²) >= 11 is 0. The highest BCUT2D eigenvalue weighted by Gasteiger charge is 2.22. The molecule has 0 radical (unpaired) electrons. The van der Waals surface area contributed by atoms with Crippen LogP contribution in [0.25, 0.3) is 0 Å². The second-order valence-corrected chi connectivity index (χ2v) is 6.22. The van der Waals surface area contributed by atoms with Gasteiger partial charge >= 0.3 is 0 Å². The van der Waals surface area contributed by atoms with E-state index in [0.717, 1.165) is 22.6 Å². The van der Waals surface area contributed by atoms with E-state index >= 15 is 0 Å². The van der Waals surface area contributed by atoms with E-state index < -0.39 is 6.04 Å². The lowest BCUT2D eigenvalue weighted by molar-refractivity contribution is -0.124. The maximum Gasteiger partial charge on any atom is 0.245 e. The molecule has 2 heterocycles. The fraction of sp³-hybridized carbons (Fsp3) is 0.263. The third kappa shape index (κ3) is 4.05. The number of hydrogen-bond acceptors (Lipinski definition) is 6. The third-order valence-electron chi connectivity index (χ3n) is 4.41. The third-order valence-corrected chi connectivity index (χ3v) is 4.41. The zero-order chi connectivity index (χ0) is 18.5. The number of carbonyl (C=O) groups is 1. The van der Waals surface area contributed by atoms with Gasteiger partial charge in [-0.2, -0.15) is 0 Å². The largest absolute Gasteiger partial charge is 0.454 e. The molecule has 27 heavy (non-hydrogen) atoms. The lowest BCUT2D eigenvalue weighted by Gasteiger charge is -2.16. The lowest BCUT2D eigenvalue weighted by Crippen LogP contribution is -2.35. The minimum Gasteiger partial charge on any atom is -0.454 e. The topological polar surface area (TPSA) is 91.2 Å². The highest BCUT2D eigenvalue weighted by Crippen LogP contribution is 2.32. The Morgan fingerprint density at radius 1 is 1.11 bits per heavy atom. The molecular formula is C19H19N5O3.